The van der Waals surface area contributed by atoms with E-state index in [1.54, 1.807) is 6.92 Å². The maximum Gasteiger partial charge on any atom is 0.424 e. The summed E-state index contributed by atoms with van der Waals surface area (Å²) in [4.78, 5) is 25.5. The Kier molecular flexibility index (Phi) is 7.05. The zero-order chi connectivity index (χ0) is 31.1. The molecule has 0 unspecified atom stereocenters. The highest BCUT2D eigenvalue weighted by atomic mass is 19.4. The van der Waals surface area contributed by atoms with Gasteiger partial charge in [-0.3, -0.25) is 9.59 Å². The Morgan fingerprint density at radius 3 is 2.00 bits per heavy atom. The van der Waals surface area contributed by atoms with Crippen LogP contribution in [0, 0.1) is 34.5 Å². The first-order chi connectivity index (χ1) is 19.3. The Morgan fingerprint density at radius 2 is 1.43 bits per heavy atom. The highest BCUT2D eigenvalue weighted by molar-refractivity contribution is 5.89. The van der Waals surface area contributed by atoms with E-state index < -0.39 is 52.4 Å². The summed E-state index contributed by atoms with van der Waals surface area (Å²) >= 11 is 0. The Bertz CT molecular complexity index is 1260. The zero-order valence-corrected chi connectivity index (χ0v) is 22.8. The van der Waals surface area contributed by atoms with Crippen LogP contribution in [0.1, 0.15) is 63.5 Å². The molecule has 0 saturated heterocycles. The van der Waals surface area contributed by atoms with E-state index in [4.69, 9.17) is 0 Å². The van der Waals surface area contributed by atoms with Gasteiger partial charge < -0.3 is 10.6 Å². The second kappa shape index (κ2) is 9.64. The van der Waals surface area contributed by atoms with Crippen LogP contribution < -0.4 is 10.6 Å². The lowest BCUT2D eigenvalue weighted by Crippen LogP contribution is -2.66. The van der Waals surface area contributed by atoms with Crippen molar-refractivity contribution in [3.8, 4) is 0 Å². The molecule has 1 aliphatic heterocycles. The molecule has 4 aliphatic rings. The van der Waals surface area contributed by atoms with E-state index in [9.17, 15) is 49.1 Å². The van der Waals surface area contributed by atoms with Gasteiger partial charge in [0, 0.05) is 17.4 Å². The zero-order valence-electron chi connectivity index (χ0n) is 22.8. The minimum absolute atomic E-state index is 0.0624. The van der Waals surface area contributed by atoms with Crippen LogP contribution in [-0.4, -0.2) is 30.2 Å². The third-order valence-electron chi connectivity index (χ3n) is 10.8. The van der Waals surface area contributed by atoms with E-state index in [-0.39, 0.29) is 65.8 Å². The van der Waals surface area contributed by atoms with Crippen molar-refractivity contribution in [1.82, 2.24) is 10.6 Å². The molecule has 7 atom stereocenters. The lowest BCUT2D eigenvalue weighted by Gasteiger charge is -2.58. The number of rotatable bonds is 3. The van der Waals surface area contributed by atoms with Crippen molar-refractivity contribution in [2.45, 2.75) is 82.5 Å². The van der Waals surface area contributed by atoms with Gasteiger partial charge in [0.15, 0.2) is 0 Å². The van der Waals surface area contributed by atoms with Crippen LogP contribution in [0.4, 0.5) is 39.5 Å². The number of hydrogen-bond acceptors (Lipinski definition) is 2. The van der Waals surface area contributed by atoms with E-state index in [1.807, 2.05) is 6.08 Å². The summed E-state index contributed by atoms with van der Waals surface area (Å²) in [7, 11) is 0. The summed E-state index contributed by atoms with van der Waals surface area (Å²) in [6, 6.07) is 0.430. The molecule has 4 nitrogen and oxygen atoms in total. The number of benzene rings is 1. The maximum atomic E-state index is 14.4. The van der Waals surface area contributed by atoms with E-state index in [2.05, 4.69) is 12.2 Å². The lowest BCUT2D eigenvalue weighted by atomic mass is 9.48. The van der Waals surface area contributed by atoms with Gasteiger partial charge in [-0.25, -0.2) is 0 Å². The van der Waals surface area contributed by atoms with Gasteiger partial charge >= 0.3 is 18.5 Å². The molecule has 3 saturated carbocycles. The second-order valence-corrected chi connectivity index (χ2v) is 12.7. The van der Waals surface area contributed by atoms with Crippen LogP contribution in [0.15, 0.2) is 36.4 Å². The van der Waals surface area contributed by atoms with Crippen LogP contribution in [0.2, 0.25) is 0 Å². The Morgan fingerprint density at radius 1 is 0.833 bits per heavy atom. The van der Waals surface area contributed by atoms with Gasteiger partial charge in [-0.05, 0) is 85.5 Å². The number of nitrogens with one attached hydrogen (secondary N) is 2. The van der Waals surface area contributed by atoms with E-state index in [1.165, 1.54) is 11.4 Å². The number of carbonyl (C=O) groups excluding carboxylic acids is 2. The van der Waals surface area contributed by atoms with Crippen LogP contribution in [-0.2, 0) is 21.3 Å². The molecule has 1 aromatic carbocycles. The molecule has 2 N–H and O–H groups in total. The molecular formula is C29H31F9N2O2. The summed E-state index contributed by atoms with van der Waals surface area (Å²) < 4.78 is 126. The van der Waals surface area contributed by atoms with Crippen molar-refractivity contribution in [3.05, 3.63) is 47.5 Å². The standard InChI is InChI=1S/C29H31F9N2O2/c1-24-13-11-19-17(7-10-21-25(19,2)14-12-22(41)39-21)18(24)8-9-20(24)23(42)40-26(28(33,34)35,29(36,37)38)15-3-5-16(6-4-15)27(30,31)32/h3-6,12,14,17-21H,7-11,13H2,1-2H3,(H,39,41)(H,40,42)/t17-,18-,19-,20+,21+,24-,25+/m0/s1. The molecule has 0 radical (unpaired) electrons. The molecule has 1 aromatic rings. The normalized spacial score (nSPS) is 35.1. The third kappa shape index (κ3) is 4.51. The molecule has 2 amide bonds. The fraction of sp³-hybridized carbons (Fsp3) is 0.655. The molecule has 5 rings (SSSR count). The number of fused-ring (bicyclic) bond motifs is 5. The van der Waals surface area contributed by atoms with Crippen LogP contribution in [0.25, 0.3) is 0 Å². The molecule has 13 heteroatoms. The van der Waals surface area contributed by atoms with Gasteiger partial charge in [0.05, 0.1) is 5.56 Å². The predicted molar refractivity (Wildman–Crippen MR) is 132 cm³/mol. The highest BCUT2D eigenvalue weighted by Gasteiger charge is 2.73. The molecule has 3 fully saturated rings. The maximum absolute atomic E-state index is 14.4. The second-order valence-electron chi connectivity index (χ2n) is 12.7. The quantitative estimate of drug-likeness (QED) is 0.361. The van der Waals surface area contributed by atoms with Gasteiger partial charge in [-0.15, -0.1) is 0 Å². The topological polar surface area (TPSA) is 58.2 Å². The molecule has 0 spiro atoms. The van der Waals surface area contributed by atoms with E-state index >= 15 is 0 Å². The molecule has 0 aromatic heterocycles. The Labute approximate surface area is 236 Å². The van der Waals surface area contributed by atoms with Crippen molar-refractivity contribution in [2.75, 3.05) is 0 Å². The first-order valence-electron chi connectivity index (χ1n) is 13.9. The van der Waals surface area contributed by atoms with Crippen molar-refractivity contribution < 1.29 is 49.1 Å². The number of halogens is 9. The van der Waals surface area contributed by atoms with Crippen molar-refractivity contribution >= 4 is 11.8 Å². The first-order valence-corrected chi connectivity index (χ1v) is 13.9. The van der Waals surface area contributed by atoms with Crippen molar-refractivity contribution in [2.24, 2.45) is 34.5 Å². The molecular weight excluding hydrogens is 579 g/mol. The average molecular weight is 611 g/mol. The molecule has 0 bridgehead atoms. The summed E-state index contributed by atoms with van der Waals surface area (Å²) in [6.45, 7) is 3.80. The minimum Gasteiger partial charge on any atom is -0.349 e. The van der Waals surface area contributed by atoms with Gasteiger partial charge in [-0.1, -0.05) is 32.1 Å². The summed E-state index contributed by atoms with van der Waals surface area (Å²) in [6.07, 6.45) is -10.9. The fourth-order valence-electron chi connectivity index (χ4n) is 8.65. The van der Waals surface area contributed by atoms with Gasteiger partial charge in [-0.2, -0.15) is 39.5 Å². The number of alkyl halides is 9. The smallest absolute Gasteiger partial charge is 0.349 e. The minimum atomic E-state index is -6.11. The average Bonchev–Trinajstić information content (AvgIpc) is 3.23. The van der Waals surface area contributed by atoms with Crippen molar-refractivity contribution in [1.29, 1.82) is 0 Å². The first kappa shape index (κ1) is 30.7. The van der Waals surface area contributed by atoms with Gasteiger partial charge in [0.25, 0.3) is 5.54 Å². The number of amides is 2. The van der Waals surface area contributed by atoms with Crippen LogP contribution in [0.5, 0.6) is 0 Å². The Hall–Kier alpha value is -2.73. The van der Waals surface area contributed by atoms with Crippen LogP contribution in [0.3, 0.4) is 0 Å². The van der Waals surface area contributed by atoms with E-state index in [0.29, 0.717) is 32.1 Å². The van der Waals surface area contributed by atoms with Gasteiger partial charge in [0.2, 0.25) is 11.8 Å². The summed E-state index contributed by atoms with van der Waals surface area (Å²) in [5.74, 6) is -2.71. The largest absolute Gasteiger partial charge is 0.424 e. The Balaban J connectivity index is 1.46. The predicted octanol–water partition coefficient (Wildman–Crippen LogP) is 7.05. The molecule has 3 aliphatic carbocycles. The van der Waals surface area contributed by atoms with E-state index in [0.717, 1.165) is 0 Å². The SMILES string of the molecule is C[C@]12C=CC(=O)N[C@@H]1CC[C@@H]1[C@@H]2CC[C@]2(C)[C@@H](C(=O)NC(c3ccc(C(F)(F)F)cc3)(C(F)(F)F)C(F)(F)F)CC[C@@H]12. The van der Waals surface area contributed by atoms with Crippen molar-refractivity contribution in [3.63, 3.8) is 0 Å². The lowest BCUT2D eigenvalue weighted by molar-refractivity contribution is -0.312. The van der Waals surface area contributed by atoms with Crippen LogP contribution >= 0.6 is 0 Å². The number of hydrogen-bond donors (Lipinski definition) is 2. The summed E-state index contributed by atoms with van der Waals surface area (Å²) in [5.41, 5.74) is -9.11. The monoisotopic (exact) mass is 610 g/mol. The van der Waals surface area contributed by atoms with Gasteiger partial charge in [0.1, 0.15) is 0 Å². The molecule has 42 heavy (non-hydrogen) atoms. The summed E-state index contributed by atoms with van der Waals surface area (Å²) in [5, 5.41) is 4.29. The highest BCUT2D eigenvalue weighted by Crippen LogP contribution is 2.65. The molecule has 1 heterocycles. The third-order valence-corrected chi connectivity index (χ3v) is 10.8. The molecule has 232 valence electrons. The number of carbonyl (C=O) groups is 2. The fourth-order valence-corrected chi connectivity index (χ4v) is 8.65.